The Hall–Kier alpha value is -3.23. The van der Waals surface area contributed by atoms with E-state index in [9.17, 15) is 0 Å². The molecule has 1 saturated heterocycles. The first-order valence-corrected chi connectivity index (χ1v) is 11.1. The highest BCUT2D eigenvalue weighted by atomic mass is 16.5. The molecule has 1 aromatic carbocycles. The second-order valence-electron chi connectivity index (χ2n) is 7.70. The lowest BCUT2D eigenvalue weighted by molar-refractivity contribution is 0.0341. The van der Waals surface area contributed by atoms with Crippen LogP contribution in [0.4, 0.5) is 0 Å². The van der Waals surface area contributed by atoms with Crippen LogP contribution in [0.3, 0.4) is 0 Å². The fraction of sp³-hybridized carbons (Fsp3) is 0.375. The van der Waals surface area contributed by atoms with Crippen LogP contribution in [0, 0.1) is 0 Å². The molecule has 3 aromatic rings. The van der Waals surface area contributed by atoms with E-state index in [1.165, 1.54) is 11.1 Å². The molecule has 1 aliphatic heterocycles. The maximum Gasteiger partial charge on any atom is 0.191 e. The molecule has 0 atom stereocenters. The molecule has 0 aliphatic carbocycles. The second kappa shape index (κ2) is 11.4. The van der Waals surface area contributed by atoms with Gasteiger partial charge in [-0.25, -0.2) is 15.0 Å². The number of aromatic nitrogens is 3. The van der Waals surface area contributed by atoms with Gasteiger partial charge in [-0.3, -0.25) is 9.47 Å². The first-order valence-electron chi connectivity index (χ1n) is 11.1. The minimum atomic E-state index is 0.564. The topological polar surface area (TPSA) is 79.6 Å². The summed E-state index contributed by atoms with van der Waals surface area (Å²) in [4.78, 5) is 15.7. The van der Waals surface area contributed by atoms with E-state index in [-0.39, 0.29) is 0 Å². The zero-order valence-electron chi connectivity index (χ0n) is 18.6. The summed E-state index contributed by atoms with van der Waals surface area (Å²) < 4.78 is 7.37. The van der Waals surface area contributed by atoms with Crippen molar-refractivity contribution in [3.63, 3.8) is 0 Å². The lowest BCUT2D eigenvalue weighted by Crippen LogP contribution is -2.38. The molecule has 0 bridgehead atoms. The highest BCUT2D eigenvalue weighted by Crippen LogP contribution is 2.13. The van der Waals surface area contributed by atoms with E-state index in [1.807, 2.05) is 29.1 Å². The van der Waals surface area contributed by atoms with Gasteiger partial charge < -0.3 is 15.4 Å². The Morgan fingerprint density at radius 3 is 2.72 bits per heavy atom. The minimum absolute atomic E-state index is 0.564. The Morgan fingerprint density at radius 2 is 1.94 bits per heavy atom. The Kier molecular flexibility index (Phi) is 7.84. The molecular weight excluding hydrogens is 402 g/mol. The number of ether oxygens (including phenoxy) is 1. The van der Waals surface area contributed by atoms with E-state index in [4.69, 9.17) is 9.73 Å². The molecule has 32 heavy (non-hydrogen) atoms. The van der Waals surface area contributed by atoms with Crippen molar-refractivity contribution >= 4 is 5.96 Å². The van der Waals surface area contributed by atoms with Crippen LogP contribution in [-0.4, -0.2) is 58.2 Å². The Balaban J connectivity index is 1.40. The van der Waals surface area contributed by atoms with Crippen LogP contribution in [0.5, 0.6) is 0 Å². The molecule has 168 valence electrons. The summed E-state index contributed by atoms with van der Waals surface area (Å²) >= 11 is 0. The quantitative estimate of drug-likeness (QED) is 0.419. The van der Waals surface area contributed by atoms with Gasteiger partial charge in [0.05, 0.1) is 19.8 Å². The maximum absolute atomic E-state index is 5.48. The van der Waals surface area contributed by atoms with E-state index in [0.29, 0.717) is 6.54 Å². The predicted octanol–water partition coefficient (Wildman–Crippen LogP) is 2.35. The van der Waals surface area contributed by atoms with E-state index in [0.717, 1.165) is 63.3 Å². The molecule has 0 amide bonds. The van der Waals surface area contributed by atoms with Crippen LogP contribution < -0.4 is 10.6 Å². The molecular formula is C24H31N7O. The number of pyridine rings is 1. The standard InChI is InChI=1S/C24H31N7O/c1-2-26-24(28-16-20-7-8-27-23(15-20)31-10-9-25-19-31)29-17-21-5-3-4-6-22(21)18-30-11-13-32-14-12-30/h3-10,15,19H,2,11-14,16-18H2,1H3,(H2,26,28,29). The Bertz CT molecular complexity index is 997. The van der Waals surface area contributed by atoms with E-state index < -0.39 is 0 Å². The lowest BCUT2D eigenvalue weighted by Gasteiger charge is -2.27. The highest BCUT2D eigenvalue weighted by Gasteiger charge is 2.13. The molecule has 1 aliphatic rings. The van der Waals surface area contributed by atoms with Crippen molar-refractivity contribution in [3.8, 4) is 5.82 Å². The number of imidazole rings is 1. The number of benzene rings is 1. The van der Waals surface area contributed by atoms with Gasteiger partial charge >= 0.3 is 0 Å². The second-order valence-corrected chi connectivity index (χ2v) is 7.70. The number of aliphatic imine (C=N–C) groups is 1. The third-order valence-corrected chi connectivity index (χ3v) is 5.41. The van der Waals surface area contributed by atoms with E-state index in [1.54, 1.807) is 12.5 Å². The zero-order valence-corrected chi connectivity index (χ0v) is 18.6. The molecule has 3 heterocycles. The molecule has 0 unspecified atom stereocenters. The molecule has 2 aromatic heterocycles. The van der Waals surface area contributed by atoms with Gasteiger partial charge in [-0.1, -0.05) is 24.3 Å². The van der Waals surface area contributed by atoms with Crippen molar-refractivity contribution in [2.75, 3.05) is 32.8 Å². The number of hydrogen-bond donors (Lipinski definition) is 2. The smallest absolute Gasteiger partial charge is 0.191 e. The molecule has 4 rings (SSSR count). The first kappa shape index (κ1) is 22.0. The average Bonchev–Trinajstić information content (AvgIpc) is 3.38. The molecule has 2 N–H and O–H groups in total. The number of nitrogens with zero attached hydrogens (tertiary/aromatic N) is 5. The summed E-state index contributed by atoms with van der Waals surface area (Å²) in [7, 11) is 0. The van der Waals surface area contributed by atoms with Crippen molar-refractivity contribution in [1.82, 2.24) is 30.1 Å². The average molecular weight is 434 g/mol. The van der Waals surface area contributed by atoms with Crippen LogP contribution in [0.1, 0.15) is 23.6 Å². The summed E-state index contributed by atoms with van der Waals surface area (Å²) in [5.41, 5.74) is 3.72. The van der Waals surface area contributed by atoms with Gasteiger partial charge in [-0.05, 0) is 35.7 Å². The molecule has 1 fully saturated rings. The number of hydrogen-bond acceptors (Lipinski definition) is 5. The summed E-state index contributed by atoms with van der Waals surface area (Å²) in [6, 6.07) is 12.6. The Labute approximate surface area is 189 Å². The summed E-state index contributed by atoms with van der Waals surface area (Å²) in [5, 5.41) is 6.84. The van der Waals surface area contributed by atoms with Gasteiger partial charge in [0.15, 0.2) is 5.96 Å². The third-order valence-electron chi connectivity index (χ3n) is 5.41. The van der Waals surface area contributed by atoms with Crippen molar-refractivity contribution in [2.45, 2.75) is 26.6 Å². The highest BCUT2D eigenvalue weighted by molar-refractivity contribution is 5.79. The Morgan fingerprint density at radius 1 is 1.09 bits per heavy atom. The molecule has 0 radical (unpaired) electrons. The number of morpholine rings is 1. The van der Waals surface area contributed by atoms with Crippen LogP contribution in [0.15, 0.2) is 66.3 Å². The van der Waals surface area contributed by atoms with Gasteiger partial charge in [-0.2, -0.15) is 0 Å². The maximum atomic E-state index is 5.48. The van der Waals surface area contributed by atoms with Crippen molar-refractivity contribution in [3.05, 3.63) is 78.0 Å². The van der Waals surface area contributed by atoms with Crippen LogP contribution in [-0.2, 0) is 24.4 Å². The zero-order chi connectivity index (χ0) is 22.0. The summed E-state index contributed by atoms with van der Waals surface area (Å²) in [5.74, 6) is 1.64. The third kappa shape index (κ3) is 6.15. The van der Waals surface area contributed by atoms with Gasteiger partial charge in [0.25, 0.3) is 0 Å². The minimum Gasteiger partial charge on any atom is -0.379 e. The van der Waals surface area contributed by atoms with Crippen molar-refractivity contribution < 1.29 is 4.74 Å². The monoisotopic (exact) mass is 433 g/mol. The number of rotatable bonds is 8. The summed E-state index contributed by atoms with van der Waals surface area (Å²) in [6.07, 6.45) is 7.18. The van der Waals surface area contributed by atoms with Crippen molar-refractivity contribution in [2.24, 2.45) is 4.99 Å². The van der Waals surface area contributed by atoms with Crippen LogP contribution >= 0.6 is 0 Å². The van der Waals surface area contributed by atoms with Crippen LogP contribution in [0.2, 0.25) is 0 Å². The predicted molar refractivity (Wildman–Crippen MR) is 126 cm³/mol. The number of nitrogens with one attached hydrogen (secondary N) is 2. The van der Waals surface area contributed by atoms with E-state index in [2.05, 4.69) is 56.7 Å². The SMILES string of the molecule is CCNC(=NCc1ccnc(-n2ccnc2)c1)NCc1ccccc1CN1CCOCC1. The van der Waals surface area contributed by atoms with Crippen LogP contribution in [0.25, 0.3) is 5.82 Å². The first-order chi connectivity index (χ1) is 15.8. The van der Waals surface area contributed by atoms with Gasteiger partial charge in [0.2, 0.25) is 0 Å². The number of guanidine groups is 1. The molecule has 8 heteroatoms. The normalized spacial score (nSPS) is 15.0. The fourth-order valence-electron chi connectivity index (χ4n) is 3.67. The fourth-order valence-corrected chi connectivity index (χ4v) is 3.67. The summed E-state index contributed by atoms with van der Waals surface area (Å²) in [6.45, 7) is 8.72. The molecule has 0 spiro atoms. The van der Waals surface area contributed by atoms with Crippen molar-refractivity contribution in [1.29, 1.82) is 0 Å². The lowest BCUT2D eigenvalue weighted by atomic mass is 10.1. The van der Waals surface area contributed by atoms with Gasteiger partial charge in [-0.15, -0.1) is 0 Å². The van der Waals surface area contributed by atoms with Gasteiger partial charge in [0, 0.05) is 51.3 Å². The molecule has 8 nitrogen and oxygen atoms in total. The molecule has 0 saturated carbocycles. The van der Waals surface area contributed by atoms with E-state index >= 15 is 0 Å². The largest absolute Gasteiger partial charge is 0.379 e. The van der Waals surface area contributed by atoms with Gasteiger partial charge in [0.1, 0.15) is 12.1 Å².